The zero-order chi connectivity index (χ0) is 11.1. The zero-order valence-corrected chi connectivity index (χ0v) is 10.4. The molecule has 1 N–H and O–H groups in total. The van der Waals surface area contributed by atoms with Crippen molar-refractivity contribution < 1.29 is 4.74 Å². The molecular formula is C10H19N3OS. The van der Waals surface area contributed by atoms with E-state index in [-0.39, 0.29) is 0 Å². The molecule has 15 heavy (non-hydrogen) atoms. The molecule has 4 nitrogen and oxygen atoms in total. The van der Waals surface area contributed by atoms with Gasteiger partial charge in [0.15, 0.2) is 0 Å². The van der Waals surface area contributed by atoms with Crippen LogP contribution in [-0.4, -0.2) is 44.2 Å². The van der Waals surface area contributed by atoms with Crippen LogP contribution < -0.4 is 5.32 Å². The molecule has 1 aromatic rings. The third kappa shape index (κ3) is 4.70. The van der Waals surface area contributed by atoms with Crippen molar-refractivity contribution in [3.05, 3.63) is 16.1 Å². The van der Waals surface area contributed by atoms with Crippen LogP contribution in [0.3, 0.4) is 0 Å². The van der Waals surface area contributed by atoms with Crippen LogP contribution in [0, 0.1) is 0 Å². The van der Waals surface area contributed by atoms with Gasteiger partial charge in [-0.15, -0.1) is 11.3 Å². The molecule has 0 radical (unpaired) electrons. The van der Waals surface area contributed by atoms with Gasteiger partial charge in [0.2, 0.25) is 0 Å². The Labute approximate surface area is 95.3 Å². The molecule has 0 aliphatic heterocycles. The molecule has 0 spiro atoms. The van der Waals surface area contributed by atoms with Crippen LogP contribution in [0.15, 0.2) is 5.38 Å². The zero-order valence-electron chi connectivity index (χ0n) is 9.62. The average Bonchev–Trinajstić information content (AvgIpc) is 2.63. The molecule has 0 saturated carbocycles. The second-order valence-electron chi connectivity index (χ2n) is 3.51. The summed E-state index contributed by atoms with van der Waals surface area (Å²) in [5.74, 6) is 0. The normalized spacial score (nSPS) is 11.2. The summed E-state index contributed by atoms with van der Waals surface area (Å²) in [4.78, 5) is 6.73. The van der Waals surface area contributed by atoms with Crippen molar-refractivity contribution in [2.24, 2.45) is 0 Å². The Bertz CT molecular complexity index is 277. The van der Waals surface area contributed by atoms with E-state index in [1.165, 1.54) is 0 Å². The van der Waals surface area contributed by atoms with Gasteiger partial charge in [0.1, 0.15) is 5.01 Å². The highest BCUT2D eigenvalue weighted by molar-refractivity contribution is 7.09. The number of aromatic nitrogens is 1. The fraction of sp³-hybridized carbons (Fsp3) is 0.700. The van der Waals surface area contributed by atoms with Crippen LogP contribution in [0.5, 0.6) is 0 Å². The molecule has 1 heterocycles. The van der Waals surface area contributed by atoms with Crippen LogP contribution in [-0.2, 0) is 17.9 Å². The summed E-state index contributed by atoms with van der Waals surface area (Å²) in [7, 11) is 5.76. The molecule has 0 fully saturated rings. The number of hydrogen-bond donors (Lipinski definition) is 1. The first-order valence-electron chi connectivity index (χ1n) is 5.01. The third-order valence-electron chi connectivity index (χ3n) is 2.04. The molecule has 1 rings (SSSR count). The second-order valence-corrected chi connectivity index (χ2v) is 4.45. The first-order valence-corrected chi connectivity index (χ1v) is 5.89. The molecule has 0 saturated heterocycles. The summed E-state index contributed by atoms with van der Waals surface area (Å²) in [5, 5.41) is 6.28. The molecule has 0 unspecified atom stereocenters. The van der Waals surface area contributed by atoms with Crippen molar-refractivity contribution in [2.75, 3.05) is 34.3 Å². The minimum absolute atomic E-state index is 0.616. The van der Waals surface area contributed by atoms with Crippen molar-refractivity contribution >= 4 is 11.3 Å². The summed E-state index contributed by atoms with van der Waals surface area (Å²) < 4.78 is 5.04. The maximum atomic E-state index is 5.04. The maximum absolute atomic E-state index is 5.04. The second kappa shape index (κ2) is 6.90. The number of nitrogens with zero attached hydrogens (tertiary/aromatic N) is 2. The first kappa shape index (κ1) is 12.6. The van der Waals surface area contributed by atoms with E-state index in [1.807, 2.05) is 7.05 Å². The van der Waals surface area contributed by atoms with Gasteiger partial charge in [0.05, 0.1) is 12.3 Å². The number of likely N-dealkylation sites (N-methyl/N-ethyl adjacent to an activating group) is 2. The summed E-state index contributed by atoms with van der Waals surface area (Å²) in [6.45, 7) is 3.56. The van der Waals surface area contributed by atoms with Crippen molar-refractivity contribution in [3.63, 3.8) is 0 Å². The van der Waals surface area contributed by atoms with Gasteiger partial charge in [-0.1, -0.05) is 0 Å². The third-order valence-corrected chi connectivity index (χ3v) is 2.91. The van der Waals surface area contributed by atoms with Crippen molar-refractivity contribution in [1.29, 1.82) is 0 Å². The Balaban J connectivity index is 2.35. The van der Waals surface area contributed by atoms with Crippen LogP contribution in [0.2, 0.25) is 0 Å². The molecule has 86 valence electrons. The monoisotopic (exact) mass is 229 g/mol. The molecule has 0 atom stereocenters. The van der Waals surface area contributed by atoms with Gasteiger partial charge in [0, 0.05) is 32.1 Å². The minimum Gasteiger partial charge on any atom is -0.378 e. The first-order chi connectivity index (χ1) is 7.26. The molecule has 0 aliphatic rings. The molecule has 0 amide bonds. The molecule has 0 aromatic carbocycles. The van der Waals surface area contributed by atoms with Gasteiger partial charge in [-0.25, -0.2) is 4.98 Å². The van der Waals surface area contributed by atoms with Crippen molar-refractivity contribution in [3.8, 4) is 0 Å². The van der Waals surface area contributed by atoms with E-state index in [0.29, 0.717) is 6.61 Å². The van der Waals surface area contributed by atoms with Gasteiger partial charge in [-0.3, -0.25) is 4.90 Å². The number of methoxy groups -OCH3 is 1. The van der Waals surface area contributed by atoms with E-state index in [4.69, 9.17) is 4.74 Å². The number of nitrogens with one attached hydrogen (secondary N) is 1. The summed E-state index contributed by atoms with van der Waals surface area (Å²) in [6.07, 6.45) is 0. The van der Waals surface area contributed by atoms with Gasteiger partial charge < -0.3 is 10.1 Å². The lowest BCUT2D eigenvalue weighted by atomic mass is 10.4. The summed E-state index contributed by atoms with van der Waals surface area (Å²) in [5.41, 5.74) is 1.13. The highest BCUT2D eigenvalue weighted by atomic mass is 32.1. The van der Waals surface area contributed by atoms with E-state index in [1.54, 1.807) is 18.4 Å². The van der Waals surface area contributed by atoms with E-state index in [0.717, 1.165) is 30.3 Å². The van der Waals surface area contributed by atoms with Crippen LogP contribution >= 0.6 is 11.3 Å². The fourth-order valence-corrected chi connectivity index (χ4v) is 2.02. The van der Waals surface area contributed by atoms with Gasteiger partial charge in [-0.2, -0.15) is 0 Å². The lowest BCUT2D eigenvalue weighted by molar-refractivity contribution is 0.184. The number of thiazole rings is 1. The highest BCUT2D eigenvalue weighted by Gasteiger charge is 2.04. The van der Waals surface area contributed by atoms with Crippen molar-refractivity contribution in [1.82, 2.24) is 15.2 Å². The molecular weight excluding hydrogens is 210 g/mol. The fourth-order valence-electron chi connectivity index (χ4n) is 1.27. The molecule has 5 heteroatoms. The number of rotatable bonds is 7. The summed E-state index contributed by atoms with van der Waals surface area (Å²) >= 11 is 1.66. The van der Waals surface area contributed by atoms with Crippen LogP contribution in [0.4, 0.5) is 0 Å². The van der Waals surface area contributed by atoms with E-state index >= 15 is 0 Å². The van der Waals surface area contributed by atoms with Gasteiger partial charge in [-0.05, 0) is 14.1 Å². The number of hydrogen-bond acceptors (Lipinski definition) is 5. The van der Waals surface area contributed by atoms with Crippen molar-refractivity contribution in [2.45, 2.75) is 13.2 Å². The lowest BCUT2D eigenvalue weighted by Crippen LogP contribution is -2.27. The van der Waals surface area contributed by atoms with E-state index in [9.17, 15) is 0 Å². The maximum Gasteiger partial charge on any atom is 0.119 e. The Morgan fingerprint density at radius 2 is 2.40 bits per heavy atom. The summed E-state index contributed by atoms with van der Waals surface area (Å²) in [6, 6.07) is 0. The Hall–Kier alpha value is -0.490. The van der Waals surface area contributed by atoms with Gasteiger partial charge in [0.25, 0.3) is 0 Å². The predicted molar refractivity (Wildman–Crippen MR) is 63.1 cm³/mol. The SMILES string of the molecule is CNCCN(C)Cc1csc(COC)n1. The highest BCUT2D eigenvalue weighted by Crippen LogP contribution is 2.11. The molecule has 0 bridgehead atoms. The Morgan fingerprint density at radius 1 is 1.60 bits per heavy atom. The van der Waals surface area contributed by atoms with Crippen LogP contribution in [0.1, 0.15) is 10.7 Å². The largest absolute Gasteiger partial charge is 0.378 e. The standard InChI is InChI=1S/C10H19N3OS/c1-11-4-5-13(2)6-9-8-15-10(12-9)7-14-3/h8,11H,4-7H2,1-3H3. The smallest absolute Gasteiger partial charge is 0.119 e. The van der Waals surface area contributed by atoms with Crippen LogP contribution in [0.25, 0.3) is 0 Å². The van der Waals surface area contributed by atoms with E-state index < -0.39 is 0 Å². The minimum atomic E-state index is 0.616. The lowest BCUT2D eigenvalue weighted by Gasteiger charge is -2.14. The average molecular weight is 229 g/mol. The molecule has 0 aliphatic carbocycles. The van der Waals surface area contributed by atoms with E-state index in [2.05, 4.69) is 27.6 Å². The Kier molecular flexibility index (Phi) is 5.78. The molecule has 1 aromatic heterocycles. The predicted octanol–water partition coefficient (Wildman–Crippen LogP) is 0.941. The topological polar surface area (TPSA) is 37.4 Å². The van der Waals surface area contributed by atoms with Gasteiger partial charge >= 0.3 is 0 Å². The number of ether oxygens (including phenoxy) is 1. The Morgan fingerprint density at radius 3 is 3.07 bits per heavy atom. The quantitative estimate of drug-likeness (QED) is 0.755.